The van der Waals surface area contributed by atoms with Crippen molar-refractivity contribution in [2.75, 3.05) is 20.2 Å². The SMILES string of the molecule is CN(C(O)c1[nH]nc2c1CN(C(=O)c1cc3c(Cl)cccc3[nH]1)CC2)C1(COC(F)F)CC1. The molecule has 1 aliphatic carbocycles. The zero-order chi connectivity index (χ0) is 23.3. The molecule has 3 aromatic rings. The zero-order valence-corrected chi connectivity index (χ0v) is 18.7. The molecule has 0 spiro atoms. The van der Waals surface area contributed by atoms with Crippen molar-refractivity contribution < 1.29 is 23.4 Å². The number of hydrogen-bond donors (Lipinski definition) is 3. The molecule has 176 valence electrons. The number of aromatic amines is 2. The number of nitrogens with one attached hydrogen (secondary N) is 2. The van der Waals surface area contributed by atoms with E-state index in [9.17, 15) is 18.7 Å². The summed E-state index contributed by atoms with van der Waals surface area (Å²) in [5.74, 6) is -0.174. The van der Waals surface area contributed by atoms with Gasteiger partial charge in [0.1, 0.15) is 5.69 Å². The molecule has 0 saturated heterocycles. The standard InChI is InChI=1S/C22H24ClF2N5O3/c1-29(22(6-7-22)11-33-21(24)25)20(32)18-13-10-30(8-5-16(13)27-28-18)19(31)17-9-12-14(23)3-2-4-15(12)26-17/h2-4,9,20-21,26,32H,5-8,10-11H2,1H3,(H,27,28). The molecule has 2 aromatic heterocycles. The number of fused-ring (bicyclic) bond motifs is 2. The number of carbonyl (C=O) groups excluding carboxylic acids is 1. The van der Waals surface area contributed by atoms with Crippen molar-refractivity contribution in [3.8, 4) is 0 Å². The first-order chi connectivity index (χ1) is 15.8. The van der Waals surface area contributed by atoms with Crippen LogP contribution in [-0.2, 0) is 17.7 Å². The van der Waals surface area contributed by atoms with Crippen molar-refractivity contribution >= 4 is 28.4 Å². The minimum absolute atomic E-state index is 0.165. The number of amides is 1. The zero-order valence-electron chi connectivity index (χ0n) is 17.9. The van der Waals surface area contributed by atoms with E-state index in [1.165, 1.54) is 0 Å². The summed E-state index contributed by atoms with van der Waals surface area (Å²) in [6.45, 7) is -2.26. The van der Waals surface area contributed by atoms with Crippen molar-refractivity contribution in [2.24, 2.45) is 0 Å². The number of hydrogen-bond acceptors (Lipinski definition) is 5. The number of likely N-dealkylation sites (N-methyl/N-ethyl adjacent to an activating group) is 1. The Hall–Kier alpha value is -2.53. The number of halogens is 3. The Balaban J connectivity index is 1.35. The summed E-state index contributed by atoms with van der Waals surface area (Å²) in [5.41, 5.74) is 2.58. The second-order valence-electron chi connectivity index (χ2n) is 8.70. The minimum atomic E-state index is -2.85. The molecule has 1 fully saturated rings. The van der Waals surface area contributed by atoms with E-state index in [0.29, 0.717) is 42.2 Å². The Labute approximate surface area is 193 Å². The van der Waals surface area contributed by atoms with Gasteiger partial charge in [0.05, 0.1) is 18.0 Å². The van der Waals surface area contributed by atoms with Crippen molar-refractivity contribution in [1.29, 1.82) is 0 Å². The average molecular weight is 480 g/mol. The van der Waals surface area contributed by atoms with Gasteiger partial charge in [0.25, 0.3) is 5.91 Å². The van der Waals surface area contributed by atoms with Crippen molar-refractivity contribution in [1.82, 2.24) is 25.0 Å². The molecule has 5 rings (SSSR count). The largest absolute Gasteiger partial charge is 0.372 e. The highest BCUT2D eigenvalue weighted by Crippen LogP contribution is 2.45. The van der Waals surface area contributed by atoms with Gasteiger partial charge in [-0.05, 0) is 38.1 Å². The van der Waals surface area contributed by atoms with E-state index >= 15 is 0 Å². The fraction of sp³-hybridized carbons (Fsp3) is 0.455. The molecule has 0 radical (unpaired) electrons. The molecule has 1 amide bonds. The number of carbonyl (C=O) groups is 1. The Bertz CT molecular complexity index is 1190. The Morgan fingerprint density at radius 2 is 2.21 bits per heavy atom. The van der Waals surface area contributed by atoms with Gasteiger partial charge in [-0.15, -0.1) is 0 Å². The van der Waals surface area contributed by atoms with Crippen molar-refractivity contribution in [2.45, 2.75) is 44.2 Å². The summed E-state index contributed by atoms with van der Waals surface area (Å²) in [6.07, 6.45) is 0.745. The summed E-state index contributed by atoms with van der Waals surface area (Å²) in [4.78, 5) is 19.7. The maximum absolute atomic E-state index is 13.2. The molecule has 1 atom stereocenters. The quantitative estimate of drug-likeness (QED) is 0.451. The minimum Gasteiger partial charge on any atom is -0.372 e. The van der Waals surface area contributed by atoms with E-state index in [-0.39, 0.29) is 19.1 Å². The number of benzene rings is 1. The van der Waals surface area contributed by atoms with Crippen LogP contribution in [0.2, 0.25) is 5.02 Å². The van der Waals surface area contributed by atoms with Gasteiger partial charge in [0.2, 0.25) is 0 Å². The van der Waals surface area contributed by atoms with Crippen LogP contribution in [0.1, 0.15) is 46.5 Å². The molecule has 1 saturated carbocycles. The lowest BCUT2D eigenvalue weighted by molar-refractivity contribution is -0.154. The summed E-state index contributed by atoms with van der Waals surface area (Å²) in [7, 11) is 1.68. The van der Waals surface area contributed by atoms with Gasteiger partial charge in [-0.25, -0.2) is 0 Å². The molecule has 1 aliphatic heterocycles. The number of aliphatic hydroxyl groups is 1. The molecule has 8 nitrogen and oxygen atoms in total. The number of H-pyrrole nitrogens is 2. The molecule has 33 heavy (non-hydrogen) atoms. The number of ether oxygens (including phenoxy) is 1. The van der Waals surface area contributed by atoms with Crippen LogP contribution in [0, 0.1) is 0 Å². The van der Waals surface area contributed by atoms with Crippen LogP contribution in [0.4, 0.5) is 8.78 Å². The maximum atomic E-state index is 13.2. The molecule has 0 bridgehead atoms. The Morgan fingerprint density at radius 3 is 2.91 bits per heavy atom. The van der Waals surface area contributed by atoms with Crippen LogP contribution < -0.4 is 0 Å². The van der Waals surface area contributed by atoms with E-state index in [1.54, 1.807) is 29.0 Å². The monoisotopic (exact) mass is 479 g/mol. The molecule has 2 aliphatic rings. The first-order valence-corrected chi connectivity index (χ1v) is 11.1. The van der Waals surface area contributed by atoms with Gasteiger partial charge >= 0.3 is 6.61 Å². The highest BCUT2D eigenvalue weighted by Gasteiger charge is 2.50. The Kier molecular flexibility index (Phi) is 5.64. The van der Waals surface area contributed by atoms with Gasteiger partial charge in [0, 0.05) is 46.5 Å². The van der Waals surface area contributed by atoms with Crippen LogP contribution in [0.25, 0.3) is 10.9 Å². The van der Waals surface area contributed by atoms with E-state index in [0.717, 1.165) is 22.2 Å². The fourth-order valence-corrected chi connectivity index (χ4v) is 4.75. The van der Waals surface area contributed by atoms with Crippen LogP contribution >= 0.6 is 11.6 Å². The van der Waals surface area contributed by atoms with E-state index in [4.69, 9.17) is 11.6 Å². The third-order valence-corrected chi connectivity index (χ3v) is 7.09. The second-order valence-corrected chi connectivity index (χ2v) is 9.11. The molecule has 11 heteroatoms. The predicted molar refractivity (Wildman–Crippen MR) is 117 cm³/mol. The maximum Gasteiger partial charge on any atom is 0.345 e. The molecule has 3 N–H and O–H groups in total. The topological polar surface area (TPSA) is 97.5 Å². The summed E-state index contributed by atoms with van der Waals surface area (Å²) in [6, 6.07) is 7.19. The lowest BCUT2D eigenvalue weighted by atomic mass is 10.0. The molecule has 1 aromatic carbocycles. The average Bonchev–Trinajstić information content (AvgIpc) is 3.27. The van der Waals surface area contributed by atoms with Crippen LogP contribution in [0.3, 0.4) is 0 Å². The predicted octanol–water partition coefficient (Wildman–Crippen LogP) is 3.44. The van der Waals surface area contributed by atoms with Crippen LogP contribution in [0.15, 0.2) is 24.3 Å². The molecule has 1 unspecified atom stereocenters. The number of nitrogens with zero attached hydrogens (tertiary/aromatic N) is 3. The summed E-state index contributed by atoms with van der Waals surface area (Å²) < 4.78 is 29.6. The summed E-state index contributed by atoms with van der Waals surface area (Å²) >= 11 is 6.24. The third-order valence-electron chi connectivity index (χ3n) is 6.76. The molecular weight excluding hydrogens is 456 g/mol. The van der Waals surface area contributed by atoms with Gasteiger partial charge in [0.15, 0.2) is 6.23 Å². The number of aromatic nitrogens is 3. The first-order valence-electron chi connectivity index (χ1n) is 10.7. The van der Waals surface area contributed by atoms with Crippen LogP contribution in [0.5, 0.6) is 0 Å². The second kappa shape index (κ2) is 8.35. The fourth-order valence-electron chi connectivity index (χ4n) is 4.52. The highest BCUT2D eigenvalue weighted by molar-refractivity contribution is 6.35. The van der Waals surface area contributed by atoms with Gasteiger partial charge < -0.3 is 19.7 Å². The van der Waals surface area contributed by atoms with Crippen molar-refractivity contribution in [3.63, 3.8) is 0 Å². The lowest BCUT2D eigenvalue weighted by Gasteiger charge is -2.33. The van der Waals surface area contributed by atoms with E-state index < -0.39 is 18.4 Å². The Morgan fingerprint density at radius 1 is 1.42 bits per heavy atom. The van der Waals surface area contributed by atoms with Gasteiger partial charge in [-0.1, -0.05) is 17.7 Å². The van der Waals surface area contributed by atoms with Crippen LogP contribution in [-0.4, -0.2) is 68.3 Å². The number of rotatable bonds is 7. The number of alkyl halides is 2. The first kappa shape index (κ1) is 22.3. The highest BCUT2D eigenvalue weighted by atomic mass is 35.5. The normalized spacial score (nSPS) is 18.2. The third kappa shape index (κ3) is 4.01. The molecule has 3 heterocycles. The van der Waals surface area contributed by atoms with E-state index in [1.807, 2.05) is 12.1 Å². The van der Waals surface area contributed by atoms with Gasteiger partial charge in [-0.2, -0.15) is 13.9 Å². The van der Waals surface area contributed by atoms with Crippen molar-refractivity contribution in [3.05, 3.63) is 51.9 Å². The summed E-state index contributed by atoms with van der Waals surface area (Å²) in [5, 5.41) is 19.6. The smallest absolute Gasteiger partial charge is 0.345 e. The lowest BCUT2D eigenvalue weighted by Crippen LogP contribution is -2.42. The number of aliphatic hydroxyl groups excluding tert-OH is 1. The van der Waals surface area contributed by atoms with E-state index in [2.05, 4.69) is 19.9 Å². The molecular formula is C22H24ClF2N5O3. The van der Waals surface area contributed by atoms with Gasteiger partial charge in [-0.3, -0.25) is 14.8 Å².